The Morgan fingerprint density at radius 1 is 0.893 bits per heavy atom. The van der Waals surface area contributed by atoms with Crippen molar-refractivity contribution in [3.63, 3.8) is 0 Å². The quantitative estimate of drug-likeness (QED) is 0.510. The fraction of sp³-hybridized carbons (Fsp3) is 0.304. The first kappa shape index (κ1) is 17.6. The lowest BCUT2D eigenvalue weighted by Crippen LogP contribution is -2.30. The van der Waals surface area contributed by atoms with Crippen LogP contribution in [0.1, 0.15) is 30.7 Å². The Kier molecular flexibility index (Phi) is 4.71. The highest BCUT2D eigenvalue weighted by atomic mass is 32.1. The van der Waals surface area contributed by atoms with Gasteiger partial charge in [0, 0.05) is 16.6 Å². The van der Waals surface area contributed by atoms with Gasteiger partial charge in [0.1, 0.15) is 11.3 Å². The molecule has 0 unspecified atom stereocenters. The summed E-state index contributed by atoms with van der Waals surface area (Å²) in [6.07, 6.45) is 3.81. The van der Waals surface area contributed by atoms with Gasteiger partial charge in [0.25, 0.3) is 4.74 Å². The van der Waals surface area contributed by atoms with E-state index in [0.29, 0.717) is 5.52 Å². The largest absolute Gasteiger partial charge is 0.322 e. The predicted molar refractivity (Wildman–Crippen MR) is 116 cm³/mol. The van der Waals surface area contributed by atoms with Gasteiger partial charge < -0.3 is 4.57 Å². The Morgan fingerprint density at radius 3 is 2.46 bits per heavy atom. The minimum atomic E-state index is 0.0559. The maximum absolute atomic E-state index is 12.8. The summed E-state index contributed by atoms with van der Waals surface area (Å²) in [7, 11) is 0. The molecule has 142 valence electrons. The summed E-state index contributed by atoms with van der Waals surface area (Å²) in [5.74, 6) is 1.00. The first-order chi connectivity index (χ1) is 13.8. The van der Waals surface area contributed by atoms with Crippen LogP contribution in [0.4, 0.5) is 0 Å². The van der Waals surface area contributed by atoms with Crippen molar-refractivity contribution in [2.75, 3.05) is 13.1 Å². The normalized spacial score (nSPS) is 15.4. The highest BCUT2D eigenvalue weighted by molar-refractivity contribution is 7.16. The Bertz CT molecular complexity index is 1170. The van der Waals surface area contributed by atoms with Crippen LogP contribution in [-0.4, -0.2) is 27.5 Å². The number of rotatable bonds is 4. The number of imidazole rings is 1. The molecule has 2 aromatic carbocycles. The van der Waals surface area contributed by atoms with E-state index in [9.17, 15) is 4.79 Å². The molecule has 0 aliphatic carbocycles. The van der Waals surface area contributed by atoms with Gasteiger partial charge in [0.15, 0.2) is 0 Å². The molecule has 5 heteroatoms. The van der Waals surface area contributed by atoms with Gasteiger partial charge in [-0.3, -0.25) is 9.69 Å². The zero-order valence-electron chi connectivity index (χ0n) is 15.8. The highest BCUT2D eigenvalue weighted by Crippen LogP contribution is 2.28. The average molecular weight is 390 g/mol. The van der Waals surface area contributed by atoms with Crippen molar-refractivity contribution in [1.82, 2.24) is 14.5 Å². The van der Waals surface area contributed by atoms with Gasteiger partial charge in [-0.2, -0.15) is 0 Å². The number of hydrogen-bond donors (Lipinski definition) is 0. The van der Waals surface area contributed by atoms with Gasteiger partial charge in [0.2, 0.25) is 0 Å². The molecule has 1 aliphatic heterocycles. The first-order valence-electron chi connectivity index (χ1n) is 9.97. The zero-order valence-corrected chi connectivity index (χ0v) is 16.6. The van der Waals surface area contributed by atoms with Gasteiger partial charge in [0.05, 0.1) is 12.1 Å². The van der Waals surface area contributed by atoms with E-state index >= 15 is 0 Å². The van der Waals surface area contributed by atoms with Crippen molar-refractivity contribution in [2.45, 2.75) is 32.4 Å². The van der Waals surface area contributed by atoms with Gasteiger partial charge in [-0.15, -0.1) is 0 Å². The van der Waals surface area contributed by atoms with Crippen LogP contribution in [0.25, 0.3) is 21.1 Å². The van der Waals surface area contributed by atoms with Crippen LogP contribution in [0, 0.1) is 0 Å². The lowest BCUT2D eigenvalue weighted by molar-refractivity contribution is 0.214. The van der Waals surface area contributed by atoms with Crippen LogP contribution in [0.3, 0.4) is 0 Å². The van der Waals surface area contributed by atoms with Crippen LogP contribution in [-0.2, 0) is 13.1 Å². The number of aromatic nitrogens is 2. The van der Waals surface area contributed by atoms with E-state index in [1.165, 1.54) is 36.2 Å². The Morgan fingerprint density at radius 2 is 1.64 bits per heavy atom. The summed E-state index contributed by atoms with van der Waals surface area (Å²) in [6, 6.07) is 18.6. The third-order valence-corrected chi connectivity index (χ3v) is 6.54. The molecule has 5 rings (SSSR count). The topological polar surface area (TPSA) is 38.1 Å². The van der Waals surface area contributed by atoms with Crippen molar-refractivity contribution in [2.24, 2.45) is 0 Å². The van der Waals surface area contributed by atoms with Crippen LogP contribution in [0.2, 0.25) is 0 Å². The third kappa shape index (κ3) is 3.25. The smallest absolute Gasteiger partial charge is 0.260 e. The number of benzene rings is 2. The molecule has 1 aliphatic rings. The standard InChI is InChI=1S/C23H23N3OS/c27-23-21-22(18-11-5-6-12-19(18)28-23)26(15-17-9-3-1-4-10-17)20(24-21)16-25-13-7-2-8-14-25/h1,3-6,9-12H,2,7-8,13-16H2. The molecule has 0 spiro atoms. The molecule has 0 radical (unpaired) electrons. The Labute approximate surface area is 168 Å². The molecule has 3 heterocycles. The molecule has 1 fully saturated rings. The molecular formula is C23H23N3OS. The van der Waals surface area contributed by atoms with E-state index < -0.39 is 0 Å². The van der Waals surface area contributed by atoms with Crippen LogP contribution in [0.5, 0.6) is 0 Å². The summed E-state index contributed by atoms with van der Waals surface area (Å²) >= 11 is 1.30. The predicted octanol–water partition coefficient (Wildman–Crippen LogP) is 4.65. The summed E-state index contributed by atoms with van der Waals surface area (Å²) in [5, 5.41) is 1.12. The molecule has 4 nitrogen and oxygen atoms in total. The van der Waals surface area contributed by atoms with Crippen molar-refractivity contribution >= 4 is 32.5 Å². The van der Waals surface area contributed by atoms with E-state index in [-0.39, 0.29) is 4.74 Å². The number of likely N-dealkylation sites (tertiary alicyclic amines) is 1. The van der Waals surface area contributed by atoms with E-state index in [1.54, 1.807) is 0 Å². The maximum atomic E-state index is 12.8. The summed E-state index contributed by atoms with van der Waals surface area (Å²) < 4.78 is 3.36. The molecule has 4 aromatic rings. The molecule has 1 saturated heterocycles. The van der Waals surface area contributed by atoms with Gasteiger partial charge in [-0.25, -0.2) is 4.98 Å². The van der Waals surface area contributed by atoms with Crippen molar-refractivity contribution in [1.29, 1.82) is 0 Å². The molecule has 0 atom stereocenters. The average Bonchev–Trinajstić information content (AvgIpc) is 3.08. The third-order valence-electron chi connectivity index (χ3n) is 5.58. The molecule has 0 amide bonds. The minimum Gasteiger partial charge on any atom is -0.322 e. The SMILES string of the molecule is O=c1sc2ccccc2c2c1nc(CN1CCCCC1)n2Cc1ccccc1. The Hall–Kier alpha value is -2.50. The van der Waals surface area contributed by atoms with Crippen molar-refractivity contribution in [3.05, 3.63) is 75.5 Å². The van der Waals surface area contributed by atoms with E-state index in [0.717, 1.165) is 47.6 Å². The van der Waals surface area contributed by atoms with Gasteiger partial charge in [-0.1, -0.05) is 66.3 Å². The molecule has 28 heavy (non-hydrogen) atoms. The molecule has 0 N–H and O–H groups in total. The fourth-order valence-electron chi connectivity index (χ4n) is 4.19. The lowest BCUT2D eigenvalue weighted by atomic mass is 10.1. The van der Waals surface area contributed by atoms with Gasteiger partial charge >= 0.3 is 0 Å². The Balaban J connectivity index is 1.71. The van der Waals surface area contributed by atoms with Crippen molar-refractivity contribution < 1.29 is 0 Å². The van der Waals surface area contributed by atoms with E-state index in [2.05, 4.69) is 39.8 Å². The van der Waals surface area contributed by atoms with E-state index in [1.807, 2.05) is 24.3 Å². The first-order valence-corrected chi connectivity index (χ1v) is 10.8. The summed E-state index contributed by atoms with van der Waals surface area (Å²) in [4.78, 5) is 20.2. The number of nitrogens with zero attached hydrogens (tertiary/aromatic N) is 3. The van der Waals surface area contributed by atoms with Crippen LogP contribution < -0.4 is 4.74 Å². The van der Waals surface area contributed by atoms with Gasteiger partial charge in [-0.05, 0) is 37.6 Å². The second kappa shape index (κ2) is 7.49. The maximum Gasteiger partial charge on any atom is 0.260 e. The van der Waals surface area contributed by atoms with Crippen LogP contribution in [0.15, 0.2) is 59.4 Å². The number of fused-ring (bicyclic) bond motifs is 3. The monoisotopic (exact) mass is 389 g/mol. The zero-order chi connectivity index (χ0) is 18.9. The second-order valence-corrected chi connectivity index (χ2v) is 8.53. The molecule has 0 bridgehead atoms. The minimum absolute atomic E-state index is 0.0559. The molecule has 2 aromatic heterocycles. The number of hydrogen-bond acceptors (Lipinski definition) is 4. The highest BCUT2D eigenvalue weighted by Gasteiger charge is 2.20. The summed E-state index contributed by atoms with van der Waals surface area (Å²) in [6.45, 7) is 3.77. The molecule has 0 saturated carbocycles. The summed E-state index contributed by atoms with van der Waals surface area (Å²) in [5.41, 5.74) is 2.83. The van der Waals surface area contributed by atoms with Crippen molar-refractivity contribution in [3.8, 4) is 0 Å². The van der Waals surface area contributed by atoms with Crippen LogP contribution >= 0.6 is 11.3 Å². The lowest BCUT2D eigenvalue weighted by Gasteiger charge is -2.26. The fourth-order valence-corrected chi connectivity index (χ4v) is 5.05. The van der Waals surface area contributed by atoms with E-state index in [4.69, 9.17) is 4.98 Å². The second-order valence-electron chi connectivity index (χ2n) is 7.52. The molecular weight excluding hydrogens is 366 g/mol. The number of piperidine rings is 1.